The Morgan fingerprint density at radius 2 is 1.91 bits per heavy atom. The number of carbonyl (C=O) groups excluding carboxylic acids is 2. The molecule has 1 fully saturated rings. The zero-order valence-corrected chi connectivity index (χ0v) is 20.6. The molecule has 1 amide bonds. The predicted molar refractivity (Wildman–Crippen MR) is 132 cm³/mol. The highest BCUT2D eigenvalue weighted by Crippen LogP contribution is 2.40. The van der Waals surface area contributed by atoms with Crippen LogP contribution in [-0.4, -0.2) is 64.8 Å². The van der Waals surface area contributed by atoms with Crippen LogP contribution in [0.5, 0.6) is 5.75 Å². The molecule has 9 nitrogen and oxygen atoms in total. The van der Waals surface area contributed by atoms with E-state index >= 15 is 0 Å². The van der Waals surface area contributed by atoms with E-state index in [0.717, 1.165) is 5.56 Å². The van der Waals surface area contributed by atoms with Crippen LogP contribution in [0.1, 0.15) is 43.0 Å². The van der Waals surface area contributed by atoms with Crippen LogP contribution in [0.15, 0.2) is 48.0 Å². The fourth-order valence-electron chi connectivity index (χ4n) is 4.16. The maximum absolute atomic E-state index is 13.1. The molecule has 3 rings (SSSR count). The lowest BCUT2D eigenvalue weighted by atomic mass is 9.94. The molecule has 0 aromatic heterocycles. The summed E-state index contributed by atoms with van der Waals surface area (Å²) >= 11 is 0. The number of aliphatic hydroxyl groups excluding tert-OH is 1. The van der Waals surface area contributed by atoms with E-state index in [4.69, 9.17) is 4.74 Å². The summed E-state index contributed by atoms with van der Waals surface area (Å²) in [4.78, 5) is 40.4. The van der Waals surface area contributed by atoms with Crippen molar-refractivity contribution < 1.29 is 24.4 Å². The maximum atomic E-state index is 13.1. The highest BCUT2D eigenvalue weighted by molar-refractivity contribution is 6.46. The first-order chi connectivity index (χ1) is 16.5. The third-order valence-electron chi connectivity index (χ3n) is 5.75. The summed E-state index contributed by atoms with van der Waals surface area (Å²) in [6.45, 7) is 6.58. The molecule has 2 aromatic rings. The molecule has 2 aromatic carbocycles. The maximum Gasteiger partial charge on any atom is 0.295 e. The lowest BCUT2D eigenvalue weighted by Gasteiger charge is -2.26. The Morgan fingerprint density at radius 1 is 1.20 bits per heavy atom. The van der Waals surface area contributed by atoms with Crippen molar-refractivity contribution in [2.24, 2.45) is 0 Å². The van der Waals surface area contributed by atoms with Crippen molar-refractivity contribution >= 4 is 23.1 Å². The number of aliphatic hydroxyl groups is 1. The van der Waals surface area contributed by atoms with E-state index < -0.39 is 22.7 Å². The van der Waals surface area contributed by atoms with Crippen molar-refractivity contribution in [1.82, 2.24) is 9.80 Å². The van der Waals surface area contributed by atoms with Gasteiger partial charge in [0.2, 0.25) is 0 Å². The highest BCUT2D eigenvalue weighted by Gasteiger charge is 2.46. The third-order valence-corrected chi connectivity index (χ3v) is 5.75. The minimum absolute atomic E-state index is 0.0329. The Kier molecular flexibility index (Phi) is 7.91. The van der Waals surface area contributed by atoms with Gasteiger partial charge in [0.15, 0.2) is 0 Å². The number of amides is 1. The average Bonchev–Trinajstić information content (AvgIpc) is 3.04. The van der Waals surface area contributed by atoms with Crippen LogP contribution in [0, 0.1) is 17.0 Å². The lowest BCUT2D eigenvalue weighted by Crippen LogP contribution is -2.32. The number of hydrogen-bond donors (Lipinski definition) is 1. The number of nitro benzene ring substituents is 1. The number of ether oxygens (including phenoxy) is 1. The van der Waals surface area contributed by atoms with Gasteiger partial charge in [0.25, 0.3) is 17.4 Å². The van der Waals surface area contributed by atoms with E-state index in [9.17, 15) is 24.8 Å². The van der Waals surface area contributed by atoms with E-state index in [0.29, 0.717) is 29.8 Å². The first-order valence-corrected chi connectivity index (χ1v) is 11.5. The molecule has 1 N–H and O–H groups in total. The van der Waals surface area contributed by atoms with Gasteiger partial charge in [-0.05, 0) is 77.2 Å². The van der Waals surface area contributed by atoms with Gasteiger partial charge < -0.3 is 19.6 Å². The average molecular weight is 482 g/mol. The summed E-state index contributed by atoms with van der Waals surface area (Å²) in [5.41, 5.74) is 1.26. The topological polar surface area (TPSA) is 113 Å². The smallest absolute Gasteiger partial charge is 0.295 e. The predicted octanol–water partition coefficient (Wildman–Crippen LogP) is 4.06. The van der Waals surface area contributed by atoms with E-state index in [1.807, 2.05) is 39.8 Å². The molecule has 0 bridgehead atoms. The number of benzene rings is 2. The second kappa shape index (κ2) is 10.7. The molecule has 186 valence electrons. The Labute approximate surface area is 204 Å². The van der Waals surface area contributed by atoms with E-state index in [2.05, 4.69) is 0 Å². The standard InChI is InChI=1S/C26H31N3O6/c1-16(2)35-21-11-10-19(14-17(21)3)24(30)22-23(18-8-6-9-20(15-18)29(33)34)28(26(32)25(22)31)13-7-12-27(4)5/h6,8-11,14-16,23,30H,7,12-13H2,1-5H3/b24-22+/t23-/m1/s1. The summed E-state index contributed by atoms with van der Waals surface area (Å²) in [6.07, 6.45) is 0.556. The van der Waals surface area contributed by atoms with E-state index in [1.54, 1.807) is 24.3 Å². The van der Waals surface area contributed by atoms with Crippen LogP contribution < -0.4 is 4.74 Å². The van der Waals surface area contributed by atoms with Crippen LogP contribution in [0.25, 0.3) is 5.76 Å². The van der Waals surface area contributed by atoms with Crippen molar-refractivity contribution in [3.8, 4) is 5.75 Å². The Bertz CT molecular complexity index is 1170. The van der Waals surface area contributed by atoms with Crippen LogP contribution in [-0.2, 0) is 9.59 Å². The lowest BCUT2D eigenvalue weighted by molar-refractivity contribution is -0.384. The molecule has 1 aliphatic heterocycles. The molecular weight excluding hydrogens is 450 g/mol. The number of Topliss-reactive ketones (excluding diaryl/α,β-unsaturated/α-hetero) is 1. The van der Waals surface area contributed by atoms with Crippen LogP contribution in [0.4, 0.5) is 5.69 Å². The first-order valence-electron chi connectivity index (χ1n) is 11.5. The number of carbonyl (C=O) groups is 2. The van der Waals surface area contributed by atoms with Gasteiger partial charge in [-0.3, -0.25) is 19.7 Å². The van der Waals surface area contributed by atoms with Gasteiger partial charge in [0, 0.05) is 24.2 Å². The van der Waals surface area contributed by atoms with Gasteiger partial charge in [-0.25, -0.2) is 0 Å². The van der Waals surface area contributed by atoms with Gasteiger partial charge in [-0.1, -0.05) is 12.1 Å². The van der Waals surface area contributed by atoms with Gasteiger partial charge in [-0.15, -0.1) is 0 Å². The van der Waals surface area contributed by atoms with Crippen molar-refractivity contribution in [3.63, 3.8) is 0 Å². The van der Waals surface area contributed by atoms with Crippen molar-refractivity contribution in [2.45, 2.75) is 39.3 Å². The molecule has 0 unspecified atom stereocenters. The summed E-state index contributed by atoms with van der Waals surface area (Å²) in [5, 5.41) is 22.6. The van der Waals surface area contributed by atoms with Gasteiger partial charge in [0.1, 0.15) is 11.5 Å². The summed E-state index contributed by atoms with van der Waals surface area (Å²) in [6, 6.07) is 9.91. The SMILES string of the molecule is Cc1cc(/C(O)=C2\C(=O)C(=O)N(CCCN(C)C)[C@@H]2c2cccc([N+](=O)[O-])c2)ccc1OC(C)C. The Hall–Kier alpha value is -3.72. The summed E-state index contributed by atoms with van der Waals surface area (Å²) < 4.78 is 5.76. The summed E-state index contributed by atoms with van der Waals surface area (Å²) in [5.74, 6) is -1.23. The number of nitrogens with zero attached hydrogens (tertiary/aromatic N) is 3. The number of likely N-dealkylation sites (tertiary alicyclic amines) is 1. The van der Waals surface area contributed by atoms with Gasteiger partial charge in [0.05, 0.1) is 22.6 Å². The number of nitro groups is 1. The first kappa shape index (κ1) is 25.9. The highest BCUT2D eigenvalue weighted by atomic mass is 16.6. The molecule has 0 spiro atoms. The molecule has 9 heteroatoms. The van der Waals surface area contributed by atoms with Crippen molar-refractivity contribution in [1.29, 1.82) is 0 Å². The van der Waals surface area contributed by atoms with Crippen molar-refractivity contribution in [2.75, 3.05) is 27.2 Å². The molecule has 0 aliphatic carbocycles. The second-order valence-electron chi connectivity index (χ2n) is 9.15. The minimum atomic E-state index is -0.941. The van der Waals surface area contributed by atoms with Crippen LogP contribution >= 0.6 is 0 Å². The van der Waals surface area contributed by atoms with E-state index in [-0.39, 0.29) is 29.7 Å². The number of rotatable bonds is 9. The molecule has 0 radical (unpaired) electrons. The zero-order chi connectivity index (χ0) is 25.9. The zero-order valence-electron chi connectivity index (χ0n) is 20.6. The fourth-order valence-corrected chi connectivity index (χ4v) is 4.16. The van der Waals surface area contributed by atoms with Gasteiger partial charge in [-0.2, -0.15) is 0 Å². The monoisotopic (exact) mass is 481 g/mol. The number of ketones is 1. The molecule has 1 saturated heterocycles. The third kappa shape index (κ3) is 5.68. The van der Waals surface area contributed by atoms with Crippen LogP contribution in [0.2, 0.25) is 0 Å². The molecule has 1 aliphatic rings. The Balaban J connectivity index is 2.12. The largest absolute Gasteiger partial charge is 0.507 e. The fraction of sp³-hybridized carbons (Fsp3) is 0.385. The summed E-state index contributed by atoms with van der Waals surface area (Å²) in [7, 11) is 3.81. The minimum Gasteiger partial charge on any atom is -0.507 e. The number of hydrogen-bond acceptors (Lipinski definition) is 7. The molecule has 1 heterocycles. The molecular formula is C26H31N3O6. The van der Waals surface area contributed by atoms with Gasteiger partial charge >= 0.3 is 0 Å². The normalized spacial score (nSPS) is 17.5. The Morgan fingerprint density at radius 3 is 2.51 bits per heavy atom. The molecule has 35 heavy (non-hydrogen) atoms. The van der Waals surface area contributed by atoms with Crippen molar-refractivity contribution in [3.05, 3.63) is 74.8 Å². The van der Waals surface area contributed by atoms with Crippen LogP contribution in [0.3, 0.4) is 0 Å². The second-order valence-corrected chi connectivity index (χ2v) is 9.15. The quantitative estimate of drug-likeness (QED) is 0.189. The molecule has 1 atom stereocenters. The molecule has 0 saturated carbocycles. The number of aryl methyl sites for hydroxylation is 1. The number of non-ortho nitro benzene ring substituents is 1. The van der Waals surface area contributed by atoms with E-state index in [1.165, 1.54) is 23.1 Å².